The summed E-state index contributed by atoms with van der Waals surface area (Å²) in [6.45, 7) is 12.0. The summed E-state index contributed by atoms with van der Waals surface area (Å²) in [5, 5.41) is 3.59. The second-order valence-corrected chi connectivity index (χ2v) is 7.21. The van der Waals surface area contributed by atoms with Gasteiger partial charge in [0.15, 0.2) is 0 Å². The lowest BCUT2D eigenvalue weighted by Gasteiger charge is -2.18. The topological polar surface area (TPSA) is 25.2 Å². The monoisotopic (exact) mass is 291 g/mol. The zero-order valence-corrected chi connectivity index (χ0v) is 13.9. The number of rotatable bonds is 5. The van der Waals surface area contributed by atoms with E-state index in [0.717, 1.165) is 18.7 Å². The fraction of sp³-hybridized carbons (Fsp3) is 0.529. The summed E-state index contributed by atoms with van der Waals surface area (Å²) in [7, 11) is 0. The Morgan fingerprint density at radius 3 is 2.50 bits per heavy atom. The number of aryl methyl sites for hydroxylation is 1. The SMILES string of the molecule is CCNC(c1ccc(C(C)(C)C)s1)c1ccoc1CC. The van der Waals surface area contributed by atoms with Crippen molar-refractivity contribution in [2.24, 2.45) is 0 Å². The lowest BCUT2D eigenvalue weighted by Crippen LogP contribution is -2.21. The minimum atomic E-state index is 0.212. The molecule has 1 atom stereocenters. The maximum absolute atomic E-state index is 5.60. The third-order valence-corrected chi connectivity index (χ3v) is 5.05. The number of hydrogen-bond acceptors (Lipinski definition) is 3. The molecule has 2 aromatic heterocycles. The van der Waals surface area contributed by atoms with E-state index in [4.69, 9.17) is 4.42 Å². The molecule has 0 saturated heterocycles. The maximum Gasteiger partial charge on any atom is 0.108 e. The molecule has 2 heterocycles. The first-order valence-corrected chi connectivity index (χ1v) is 8.18. The number of furan rings is 1. The van der Waals surface area contributed by atoms with Gasteiger partial charge in [0.05, 0.1) is 12.3 Å². The molecule has 1 unspecified atom stereocenters. The van der Waals surface area contributed by atoms with Gasteiger partial charge in [0.2, 0.25) is 0 Å². The van der Waals surface area contributed by atoms with Crippen molar-refractivity contribution >= 4 is 11.3 Å². The van der Waals surface area contributed by atoms with Crippen LogP contribution in [0.15, 0.2) is 28.9 Å². The van der Waals surface area contributed by atoms with Crippen LogP contribution in [-0.4, -0.2) is 6.54 Å². The second-order valence-electron chi connectivity index (χ2n) is 6.10. The molecule has 3 heteroatoms. The van der Waals surface area contributed by atoms with Crippen molar-refractivity contribution in [3.05, 3.63) is 45.5 Å². The molecular formula is C17H25NOS. The highest BCUT2D eigenvalue weighted by Gasteiger charge is 2.23. The van der Waals surface area contributed by atoms with Gasteiger partial charge in [0, 0.05) is 21.7 Å². The summed E-state index contributed by atoms with van der Waals surface area (Å²) in [6.07, 6.45) is 2.73. The van der Waals surface area contributed by atoms with Crippen molar-refractivity contribution < 1.29 is 4.42 Å². The first-order valence-electron chi connectivity index (χ1n) is 7.37. The molecular weight excluding hydrogens is 266 g/mol. The Labute approximate surface area is 126 Å². The summed E-state index contributed by atoms with van der Waals surface area (Å²) >= 11 is 1.90. The average Bonchev–Trinajstić information content (AvgIpc) is 3.04. The Morgan fingerprint density at radius 2 is 1.95 bits per heavy atom. The molecule has 110 valence electrons. The van der Waals surface area contributed by atoms with Crippen molar-refractivity contribution in [2.75, 3.05) is 6.54 Å². The fourth-order valence-electron chi connectivity index (χ4n) is 2.37. The van der Waals surface area contributed by atoms with Crippen LogP contribution in [0.5, 0.6) is 0 Å². The molecule has 0 aliphatic rings. The predicted octanol–water partition coefficient (Wildman–Crippen LogP) is 4.90. The third kappa shape index (κ3) is 3.15. The van der Waals surface area contributed by atoms with Crippen molar-refractivity contribution in [3.63, 3.8) is 0 Å². The lowest BCUT2D eigenvalue weighted by molar-refractivity contribution is 0.503. The summed E-state index contributed by atoms with van der Waals surface area (Å²) in [6, 6.07) is 6.86. The van der Waals surface area contributed by atoms with Crippen LogP contribution >= 0.6 is 11.3 Å². The Balaban J connectivity index is 2.36. The van der Waals surface area contributed by atoms with Crippen LogP contribution in [0.4, 0.5) is 0 Å². The van der Waals surface area contributed by atoms with E-state index in [2.05, 4.69) is 58.1 Å². The fourth-order valence-corrected chi connectivity index (χ4v) is 3.53. The zero-order valence-electron chi connectivity index (χ0n) is 13.1. The molecule has 0 aliphatic carbocycles. The van der Waals surface area contributed by atoms with E-state index in [1.165, 1.54) is 15.3 Å². The summed E-state index contributed by atoms with van der Waals surface area (Å²) in [4.78, 5) is 2.80. The van der Waals surface area contributed by atoms with E-state index >= 15 is 0 Å². The molecule has 0 amide bonds. The van der Waals surface area contributed by atoms with Gasteiger partial charge in [-0.3, -0.25) is 0 Å². The summed E-state index contributed by atoms with van der Waals surface area (Å²) in [5.74, 6) is 1.08. The van der Waals surface area contributed by atoms with Gasteiger partial charge in [-0.05, 0) is 30.2 Å². The molecule has 0 aliphatic heterocycles. The van der Waals surface area contributed by atoms with Crippen LogP contribution < -0.4 is 5.32 Å². The van der Waals surface area contributed by atoms with Crippen LogP contribution in [0.25, 0.3) is 0 Å². The normalized spacial score (nSPS) is 13.7. The molecule has 0 radical (unpaired) electrons. The highest BCUT2D eigenvalue weighted by molar-refractivity contribution is 7.12. The minimum Gasteiger partial charge on any atom is -0.469 e. The van der Waals surface area contributed by atoms with E-state index in [-0.39, 0.29) is 11.5 Å². The molecule has 0 spiro atoms. The Morgan fingerprint density at radius 1 is 1.20 bits per heavy atom. The van der Waals surface area contributed by atoms with Crippen molar-refractivity contribution in [1.82, 2.24) is 5.32 Å². The van der Waals surface area contributed by atoms with Crippen molar-refractivity contribution in [3.8, 4) is 0 Å². The average molecular weight is 291 g/mol. The van der Waals surface area contributed by atoms with Crippen LogP contribution in [-0.2, 0) is 11.8 Å². The van der Waals surface area contributed by atoms with E-state index in [1.807, 2.05) is 11.3 Å². The predicted molar refractivity (Wildman–Crippen MR) is 86.6 cm³/mol. The van der Waals surface area contributed by atoms with Crippen LogP contribution in [0.1, 0.15) is 61.7 Å². The molecule has 0 bridgehead atoms. The molecule has 2 aromatic rings. The number of thiophene rings is 1. The molecule has 0 aromatic carbocycles. The van der Waals surface area contributed by atoms with Crippen molar-refractivity contribution in [2.45, 2.75) is 52.5 Å². The van der Waals surface area contributed by atoms with Gasteiger partial charge in [-0.1, -0.05) is 34.6 Å². The smallest absolute Gasteiger partial charge is 0.108 e. The van der Waals surface area contributed by atoms with E-state index in [1.54, 1.807) is 6.26 Å². The van der Waals surface area contributed by atoms with E-state index in [9.17, 15) is 0 Å². The Hall–Kier alpha value is -1.06. The largest absolute Gasteiger partial charge is 0.469 e. The number of hydrogen-bond donors (Lipinski definition) is 1. The van der Waals surface area contributed by atoms with Gasteiger partial charge in [-0.15, -0.1) is 11.3 Å². The lowest BCUT2D eigenvalue weighted by atomic mass is 9.95. The molecule has 0 fully saturated rings. The van der Waals surface area contributed by atoms with Gasteiger partial charge < -0.3 is 9.73 Å². The van der Waals surface area contributed by atoms with Gasteiger partial charge in [0.25, 0.3) is 0 Å². The minimum absolute atomic E-state index is 0.212. The zero-order chi connectivity index (χ0) is 14.8. The summed E-state index contributed by atoms with van der Waals surface area (Å²) in [5.41, 5.74) is 1.49. The van der Waals surface area contributed by atoms with Crippen molar-refractivity contribution in [1.29, 1.82) is 0 Å². The first-order chi connectivity index (χ1) is 9.47. The Bertz CT molecular complexity index is 547. The van der Waals surface area contributed by atoms with Gasteiger partial charge in [0.1, 0.15) is 5.76 Å². The van der Waals surface area contributed by atoms with E-state index < -0.39 is 0 Å². The quantitative estimate of drug-likeness (QED) is 0.847. The molecule has 0 saturated carbocycles. The van der Waals surface area contributed by atoms with Gasteiger partial charge >= 0.3 is 0 Å². The first kappa shape index (κ1) is 15.3. The van der Waals surface area contributed by atoms with E-state index in [0.29, 0.717) is 0 Å². The van der Waals surface area contributed by atoms with Crippen LogP contribution in [0, 0.1) is 0 Å². The molecule has 20 heavy (non-hydrogen) atoms. The molecule has 2 rings (SSSR count). The van der Waals surface area contributed by atoms with Crippen LogP contribution in [0.2, 0.25) is 0 Å². The van der Waals surface area contributed by atoms with Gasteiger partial charge in [-0.2, -0.15) is 0 Å². The second kappa shape index (κ2) is 6.15. The standard InChI is InChI=1S/C17H25NOS/c1-6-13-12(10-11-19-13)16(18-7-2)14-8-9-15(20-14)17(3,4)5/h8-11,16,18H,6-7H2,1-5H3. The third-order valence-electron chi connectivity index (χ3n) is 3.47. The summed E-state index contributed by atoms with van der Waals surface area (Å²) < 4.78 is 5.60. The van der Waals surface area contributed by atoms with Crippen LogP contribution in [0.3, 0.4) is 0 Å². The highest BCUT2D eigenvalue weighted by atomic mass is 32.1. The molecule has 1 N–H and O–H groups in total. The molecule has 2 nitrogen and oxygen atoms in total. The Kier molecular flexibility index (Phi) is 4.71. The number of nitrogens with one attached hydrogen (secondary N) is 1. The highest BCUT2D eigenvalue weighted by Crippen LogP contribution is 2.35. The maximum atomic E-state index is 5.60. The van der Waals surface area contributed by atoms with Gasteiger partial charge in [-0.25, -0.2) is 0 Å².